The van der Waals surface area contributed by atoms with Gasteiger partial charge in [0.1, 0.15) is 0 Å². The van der Waals surface area contributed by atoms with Crippen molar-refractivity contribution >= 4 is 23.2 Å². The Morgan fingerprint density at radius 2 is 1.62 bits per heavy atom. The van der Waals surface area contributed by atoms with Gasteiger partial charge in [0.25, 0.3) is 0 Å². The largest absolute Gasteiger partial charge is 0.323 e. The number of nitrogens with one attached hydrogen (secondary N) is 2. The lowest BCUT2D eigenvalue weighted by atomic mass is 10.1. The lowest BCUT2D eigenvalue weighted by molar-refractivity contribution is 0.101. The third-order valence-electron chi connectivity index (χ3n) is 2.81. The van der Waals surface area contributed by atoms with Crippen LogP contribution in [0.15, 0.2) is 48.5 Å². The zero-order valence-corrected chi connectivity index (χ0v) is 11.5. The molecule has 2 N–H and O–H groups in total. The average Bonchev–Trinajstić information content (AvgIpc) is 2.47. The molecule has 0 saturated carbocycles. The molecule has 2 rings (SSSR count). The molecule has 2 amide bonds. The molecule has 0 aromatic heterocycles. The van der Waals surface area contributed by atoms with E-state index in [4.69, 9.17) is 6.42 Å². The number of hydrogen-bond donors (Lipinski definition) is 2. The third-order valence-corrected chi connectivity index (χ3v) is 2.81. The number of rotatable bonds is 3. The maximum Gasteiger partial charge on any atom is 0.323 e. The van der Waals surface area contributed by atoms with E-state index >= 15 is 0 Å². The van der Waals surface area contributed by atoms with Gasteiger partial charge in [-0.1, -0.05) is 24.1 Å². The van der Waals surface area contributed by atoms with Crippen molar-refractivity contribution in [1.82, 2.24) is 0 Å². The van der Waals surface area contributed by atoms with Gasteiger partial charge >= 0.3 is 6.03 Å². The Kier molecular flexibility index (Phi) is 4.37. The highest BCUT2D eigenvalue weighted by Crippen LogP contribution is 2.13. The quantitative estimate of drug-likeness (QED) is 0.666. The predicted molar refractivity (Wildman–Crippen MR) is 83.5 cm³/mol. The summed E-state index contributed by atoms with van der Waals surface area (Å²) in [7, 11) is 0. The molecule has 0 radical (unpaired) electrons. The number of carbonyl (C=O) groups is 2. The molecule has 4 nitrogen and oxygen atoms in total. The van der Waals surface area contributed by atoms with E-state index in [0.29, 0.717) is 22.5 Å². The van der Waals surface area contributed by atoms with Gasteiger partial charge in [0.2, 0.25) is 0 Å². The van der Waals surface area contributed by atoms with E-state index in [-0.39, 0.29) is 5.78 Å². The van der Waals surface area contributed by atoms with Gasteiger partial charge in [-0.05, 0) is 37.3 Å². The topological polar surface area (TPSA) is 58.2 Å². The summed E-state index contributed by atoms with van der Waals surface area (Å²) in [4.78, 5) is 23.2. The molecule has 0 aliphatic heterocycles. The second-order valence-electron chi connectivity index (χ2n) is 4.44. The van der Waals surface area contributed by atoms with Crippen LogP contribution in [0, 0.1) is 12.3 Å². The average molecular weight is 278 g/mol. The zero-order chi connectivity index (χ0) is 15.2. The minimum absolute atomic E-state index is 0.0548. The van der Waals surface area contributed by atoms with Gasteiger partial charge in [0, 0.05) is 22.5 Å². The number of amides is 2. The molecule has 0 atom stereocenters. The first-order valence-electron chi connectivity index (χ1n) is 6.34. The van der Waals surface area contributed by atoms with Crippen molar-refractivity contribution in [3.05, 3.63) is 59.7 Å². The Morgan fingerprint density at radius 3 is 2.24 bits per heavy atom. The van der Waals surface area contributed by atoms with Crippen LogP contribution < -0.4 is 10.6 Å². The van der Waals surface area contributed by atoms with E-state index in [1.807, 2.05) is 0 Å². The van der Waals surface area contributed by atoms with E-state index < -0.39 is 6.03 Å². The van der Waals surface area contributed by atoms with Gasteiger partial charge < -0.3 is 10.6 Å². The molecule has 0 unspecified atom stereocenters. The fourth-order valence-corrected chi connectivity index (χ4v) is 1.80. The minimum atomic E-state index is -0.398. The van der Waals surface area contributed by atoms with Crippen molar-refractivity contribution in [3.63, 3.8) is 0 Å². The van der Waals surface area contributed by atoms with Crippen molar-refractivity contribution in [2.45, 2.75) is 6.92 Å². The van der Waals surface area contributed by atoms with Crippen LogP contribution in [0.3, 0.4) is 0 Å². The SMILES string of the molecule is C#Cc1cccc(NC(=O)Nc2cccc(C(C)=O)c2)c1. The Labute approximate surface area is 123 Å². The van der Waals surface area contributed by atoms with Gasteiger partial charge in [-0.2, -0.15) is 0 Å². The number of urea groups is 1. The first kappa shape index (κ1) is 14.4. The second kappa shape index (κ2) is 6.40. The Balaban J connectivity index is 2.06. The van der Waals surface area contributed by atoms with Crippen LogP contribution in [-0.4, -0.2) is 11.8 Å². The summed E-state index contributed by atoms with van der Waals surface area (Å²) < 4.78 is 0. The summed E-state index contributed by atoms with van der Waals surface area (Å²) in [6.45, 7) is 1.48. The van der Waals surface area contributed by atoms with Crippen LogP contribution in [0.5, 0.6) is 0 Å². The molecule has 0 aliphatic carbocycles. The van der Waals surface area contributed by atoms with Crippen molar-refractivity contribution in [1.29, 1.82) is 0 Å². The van der Waals surface area contributed by atoms with Crippen molar-refractivity contribution in [2.75, 3.05) is 10.6 Å². The molecule has 0 aliphatic rings. The number of carbonyl (C=O) groups excluding carboxylic acids is 2. The number of Topliss-reactive ketones (excluding diaryl/α,β-unsaturated/α-hetero) is 1. The van der Waals surface area contributed by atoms with Crippen LogP contribution in [-0.2, 0) is 0 Å². The lowest BCUT2D eigenvalue weighted by Crippen LogP contribution is -2.19. The number of ketones is 1. The molecule has 0 saturated heterocycles. The molecular formula is C17H14N2O2. The minimum Gasteiger partial charge on any atom is -0.308 e. The molecule has 2 aromatic rings. The molecule has 0 heterocycles. The number of anilines is 2. The summed E-state index contributed by atoms with van der Waals surface area (Å²) in [5.41, 5.74) is 2.38. The van der Waals surface area contributed by atoms with Crippen LogP contribution >= 0.6 is 0 Å². The zero-order valence-electron chi connectivity index (χ0n) is 11.5. The Hall–Kier alpha value is -3.06. The summed E-state index contributed by atoms with van der Waals surface area (Å²) in [5.74, 6) is 2.45. The highest BCUT2D eigenvalue weighted by atomic mass is 16.2. The highest BCUT2D eigenvalue weighted by molar-refractivity contribution is 6.01. The van der Waals surface area contributed by atoms with Crippen molar-refractivity contribution in [2.24, 2.45) is 0 Å². The third kappa shape index (κ3) is 3.95. The fourth-order valence-electron chi connectivity index (χ4n) is 1.80. The molecule has 0 bridgehead atoms. The normalized spacial score (nSPS) is 9.52. The molecule has 2 aromatic carbocycles. The van der Waals surface area contributed by atoms with E-state index in [0.717, 1.165) is 0 Å². The van der Waals surface area contributed by atoms with Gasteiger partial charge in [-0.3, -0.25) is 4.79 Å². The second-order valence-corrected chi connectivity index (χ2v) is 4.44. The fraction of sp³-hybridized carbons (Fsp3) is 0.0588. The Bertz CT molecular complexity index is 730. The number of terminal acetylenes is 1. The maximum atomic E-state index is 11.9. The first-order chi connectivity index (χ1) is 10.1. The summed E-state index contributed by atoms with van der Waals surface area (Å²) in [6.07, 6.45) is 5.31. The molecular weight excluding hydrogens is 264 g/mol. The smallest absolute Gasteiger partial charge is 0.308 e. The summed E-state index contributed by atoms with van der Waals surface area (Å²) in [5, 5.41) is 5.35. The van der Waals surface area contributed by atoms with E-state index in [2.05, 4.69) is 16.6 Å². The lowest BCUT2D eigenvalue weighted by Gasteiger charge is -2.08. The standard InChI is InChI=1S/C17H14N2O2/c1-3-13-6-4-8-15(10-13)18-17(21)19-16-9-5-7-14(11-16)12(2)20/h1,4-11H,2H3,(H2,18,19,21). The molecule has 4 heteroatoms. The Morgan fingerprint density at radius 1 is 1.00 bits per heavy atom. The molecule has 104 valence electrons. The van der Waals surface area contributed by atoms with Crippen molar-refractivity contribution in [3.8, 4) is 12.3 Å². The van der Waals surface area contributed by atoms with Crippen LogP contribution in [0.1, 0.15) is 22.8 Å². The summed E-state index contributed by atoms with van der Waals surface area (Å²) >= 11 is 0. The molecule has 0 fully saturated rings. The van der Waals surface area contributed by atoms with Gasteiger partial charge in [0.05, 0.1) is 0 Å². The highest BCUT2D eigenvalue weighted by Gasteiger charge is 2.05. The first-order valence-corrected chi connectivity index (χ1v) is 6.34. The van der Waals surface area contributed by atoms with Gasteiger partial charge in [-0.15, -0.1) is 6.42 Å². The predicted octanol–water partition coefficient (Wildman–Crippen LogP) is 3.51. The molecule has 0 spiro atoms. The van der Waals surface area contributed by atoms with Crippen LogP contribution in [0.2, 0.25) is 0 Å². The molecule has 21 heavy (non-hydrogen) atoms. The van der Waals surface area contributed by atoms with Crippen LogP contribution in [0.4, 0.5) is 16.2 Å². The van der Waals surface area contributed by atoms with E-state index in [9.17, 15) is 9.59 Å². The van der Waals surface area contributed by atoms with Crippen molar-refractivity contribution < 1.29 is 9.59 Å². The number of benzene rings is 2. The van der Waals surface area contributed by atoms with Gasteiger partial charge in [-0.25, -0.2) is 4.79 Å². The maximum absolute atomic E-state index is 11.9. The van der Waals surface area contributed by atoms with Gasteiger partial charge in [0.15, 0.2) is 5.78 Å². The van der Waals surface area contributed by atoms with E-state index in [1.54, 1.807) is 48.5 Å². The monoisotopic (exact) mass is 278 g/mol. The van der Waals surface area contributed by atoms with E-state index in [1.165, 1.54) is 6.92 Å². The van der Waals surface area contributed by atoms with Crippen LogP contribution in [0.25, 0.3) is 0 Å². The summed E-state index contributed by atoms with van der Waals surface area (Å²) in [6, 6.07) is 13.3. The number of hydrogen-bond acceptors (Lipinski definition) is 2.